The molecule has 0 aromatic carbocycles. The topological polar surface area (TPSA) is 36.1 Å². The summed E-state index contributed by atoms with van der Waals surface area (Å²) in [7, 11) is 0. The van der Waals surface area contributed by atoms with Gasteiger partial charge in [0, 0.05) is 35.6 Å². The summed E-state index contributed by atoms with van der Waals surface area (Å²) < 4.78 is 0. The molecule has 1 aromatic heterocycles. The first kappa shape index (κ1) is 17.4. The summed E-state index contributed by atoms with van der Waals surface area (Å²) in [5.41, 5.74) is 1.10. The second kappa shape index (κ2) is 6.90. The van der Waals surface area contributed by atoms with Gasteiger partial charge >= 0.3 is 4.87 Å². The second-order valence-corrected chi connectivity index (χ2v) is 8.61. The predicted molar refractivity (Wildman–Crippen MR) is 88.6 cm³/mol. The highest BCUT2D eigenvalue weighted by Crippen LogP contribution is 2.26. The molecular formula is C16H30N2OS. The molecule has 0 aliphatic heterocycles. The average Bonchev–Trinajstić information content (AvgIpc) is 2.56. The minimum Gasteiger partial charge on any atom is -0.316 e. The zero-order chi connectivity index (χ0) is 15.5. The summed E-state index contributed by atoms with van der Waals surface area (Å²) >= 11 is 1.37. The minimum absolute atomic E-state index is 0.00414. The molecule has 4 heteroatoms. The van der Waals surface area contributed by atoms with Crippen LogP contribution in [-0.2, 0) is 12.0 Å². The number of hydrogen-bond donors (Lipinski definition) is 1. The smallest absolute Gasteiger partial charge is 0.305 e. The molecule has 0 aliphatic carbocycles. The number of nitrogens with zero attached hydrogens (tertiary/aromatic N) is 1. The molecule has 3 nitrogen and oxygen atoms in total. The standard InChI is InChI=1S/C16H30N2OS/c1-11(2)8-18(9-12(3)4)10-13-14(16(5,6)7)17-15(19)20-13/h11-12H,8-10H2,1-7H3,(H,17,19). The van der Waals surface area contributed by atoms with Crippen LogP contribution in [0.3, 0.4) is 0 Å². The number of aromatic nitrogens is 1. The van der Waals surface area contributed by atoms with Gasteiger partial charge in [-0.3, -0.25) is 9.69 Å². The lowest BCUT2D eigenvalue weighted by Gasteiger charge is -2.27. The van der Waals surface area contributed by atoms with Gasteiger partial charge in [0.05, 0.1) is 0 Å². The van der Waals surface area contributed by atoms with Gasteiger partial charge in [0.1, 0.15) is 0 Å². The zero-order valence-electron chi connectivity index (χ0n) is 14.0. The van der Waals surface area contributed by atoms with E-state index < -0.39 is 0 Å². The van der Waals surface area contributed by atoms with Crippen LogP contribution >= 0.6 is 11.3 Å². The molecule has 1 N–H and O–H groups in total. The van der Waals surface area contributed by atoms with E-state index in [2.05, 4.69) is 58.4 Å². The molecule has 0 aliphatic rings. The van der Waals surface area contributed by atoms with E-state index in [1.807, 2.05) is 0 Å². The van der Waals surface area contributed by atoms with Crippen LogP contribution < -0.4 is 4.87 Å². The van der Waals surface area contributed by atoms with Crippen molar-refractivity contribution in [2.45, 2.75) is 60.4 Å². The fourth-order valence-corrected chi connectivity index (χ4v) is 3.60. The molecular weight excluding hydrogens is 268 g/mol. The van der Waals surface area contributed by atoms with Crippen molar-refractivity contribution in [1.29, 1.82) is 0 Å². The van der Waals surface area contributed by atoms with Crippen molar-refractivity contribution in [3.8, 4) is 0 Å². The number of aromatic amines is 1. The highest BCUT2D eigenvalue weighted by Gasteiger charge is 2.23. The van der Waals surface area contributed by atoms with Crippen molar-refractivity contribution < 1.29 is 0 Å². The van der Waals surface area contributed by atoms with E-state index in [0.717, 1.165) is 25.3 Å². The Balaban J connectivity index is 2.95. The molecule has 20 heavy (non-hydrogen) atoms. The Morgan fingerprint density at radius 1 is 1.10 bits per heavy atom. The van der Waals surface area contributed by atoms with E-state index in [0.29, 0.717) is 11.8 Å². The Kier molecular flexibility index (Phi) is 6.02. The molecule has 0 saturated heterocycles. The van der Waals surface area contributed by atoms with Gasteiger partial charge in [0.25, 0.3) is 0 Å². The lowest BCUT2D eigenvalue weighted by atomic mass is 9.91. The average molecular weight is 298 g/mol. The lowest BCUT2D eigenvalue weighted by molar-refractivity contribution is 0.212. The first-order chi connectivity index (χ1) is 9.09. The Bertz CT molecular complexity index is 456. The monoisotopic (exact) mass is 298 g/mol. The van der Waals surface area contributed by atoms with Crippen LogP contribution in [0.5, 0.6) is 0 Å². The number of thiazole rings is 1. The Morgan fingerprint density at radius 2 is 1.60 bits per heavy atom. The highest BCUT2D eigenvalue weighted by molar-refractivity contribution is 7.09. The highest BCUT2D eigenvalue weighted by atomic mass is 32.1. The predicted octanol–water partition coefficient (Wildman–Crippen LogP) is 3.85. The fraction of sp³-hybridized carbons (Fsp3) is 0.812. The number of rotatable bonds is 6. The number of hydrogen-bond acceptors (Lipinski definition) is 3. The van der Waals surface area contributed by atoms with Crippen molar-refractivity contribution in [3.63, 3.8) is 0 Å². The van der Waals surface area contributed by atoms with Crippen molar-refractivity contribution in [2.75, 3.05) is 13.1 Å². The maximum atomic E-state index is 11.7. The minimum atomic E-state index is -0.00414. The maximum absolute atomic E-state index is 11.7. The SMILES string of the molecule is CC(C)CN(Cc1sc(=O)[nH]c1C(C)(C)C)CC(C)C. The molecule has 0 bridgehead atoms. The largest absolute Gasteiger partial charge is 0.316 e. The van der Waals surface area contributed by atoms with E-state index >= 15 is 0 Å². The molecule has 0 unspecified atom stereocenters. The normalized spacial score (nSPS) is 12.9. The Labute approximate surface area is 127 Å². The number of nitrogens with one attached hydrogen (secondary N) is 1. The van der Waals surface area contributed by atoms with E-state index in [4.69, 9.17) is 0 Å². The Morgan fingerprint density at radius 3 is 2.00 bits per heavy atom. The van der Waals surface area contributed by atoms with Crippen LogP contribution in [0.25, 0.3) is 0 Å². The fourth-order valence-electron chi connectivity index (χ4n) is 2.52. The molecule has 0 fully saturated rings. The molecule has 1 rings (SSSR count). The van der Waals surface area contributed by atoms with Crippen LogP contribution in [0, 0.1) is 11.8 Å². The van der Waals surface area contributed by atoms with Crippen LogP contribution in [0.4, 0.5) is 0 Å². The van der Waals surface area contributed by atoms with Crippen molar-refractivity contribution in [2.24, 2.45) is 11.8 Å². The van der Waals surface area contributed by atoms with Gasteiger partial charge in [-0.2, -0.15) is 0 Å². The van der Waals surface area contributed by atoms with Crippen LogP contribution in [-0.4, -0.2) is 23.0 Å². The van der Waals surface area contributed by atoms with Gasteiger partial charge in [-0.1, -0.05) is 59.8 Å². The molecule has 0 atom stereocenters. The van der Waals surface area contributed by atoms with Crippen molar-refractivity contribution in [1.82, 2.24) is 9.88 Å². The molecule has 116 valence electrons. The van der Waals surface area contributed by atoms with Gasteiger partial charge in [0.2, 0.25) is 0 Å². The Hall–Kier alpha value is -0.610. The summed E-state index contributed by atoms with van der Waals surface area (Å²) in [4.78, 5) is 18.5. The van der Waals surface area contributed by atoms with Gasteiger partial charge < -0.3 is 4.98 Å². The zero-order valence-corrected chi connectivity index (χ0v) is 14.9. The van der Waals surface area contributed by atoms with Gasteiger partial charge in [0.15, 0.2) is 0 Å². The van der Waals surface area contributed by atoms with Gasteiger partial charge in [-0.15, -0.1) is 0 Å². The summed E-state index contributed by atoms with van der Waals surface area (Å²) in [6.07, 6.45) is 0. The first-order valence-corrected chi connectivity index (χ1v) is 8.36. The van der Waals surface area contributed by atoms with E-state index in [-0.39, 0.29) is 10.3 Å². The number of H-pyrrole nitrogens is 1. The summed E-state index contributed by atoms with van der Waals surface area (Å²) in [6, 6.07) is 0. The summed E-state index contributed by atoms with van der Waals surface area (Å²) in [5, 5.41) is 0. The molecule has 0 spiro atoms. The lowest BCUT2D eigenvalue weighted by Crippen LogP contribution is -2.31. The van der Waals surface area contributed by atoms with Crippen molar-refractivity contribution >= 4 is 11.3 Å². The molecule has 1 heterocycles. The van der Waals surface area contributed by atoms with E-state index in [1.54, 1.807) is 0 Å². The molecule has 0 radical (unpaired) electrons. The van der Waals surface area contributed by atoms with Crippen LogP contribution in [0.2, 0.25) is 0 Å². The van der Waals surface area contributed by atoms with Gasteiger partial charge in [-0.05, 0) is 11.8 Å². The van der Waals surface area contributed by atoms with Crippen LogP contribution in [0.15, 0.2) is 4.79 Å². The first-order valence-electron chi connectivity index (χ1n) is 7.54. The molecule has 0 saturated carbocycles. The third-order valence-corrected chi connectivity index (χ3v) is 3.95. The summed E-state index contributed by atoms with van der Waals surface area (Å²) in [6.45, 7) is 18.5. The molecule has 0 amide bonds. The third kappa shape index (κ3) is 5.41. The van der Waals surface area contributed by atoms with Crippen LogP contribution in [0.1, 0.15) is 59.0 Å². The molecule has 1 aromatic rings. The van der Waals surface area contributed by atoms with E-state index in [9.17, 15) is 4.79 Å². The van der Waals surface area contributed by atoms with Crippen molar-refractivity contribution in [3.05, 3.63) is 20.2 Å². The third-order valence-electron chi connectivity index (χ3n) is 3.09. The quantitative estimate of drug-likeness (QED) is 0.866. The van der Waals surface area contributed by atoms with Gasteiger partial charge in [-0.25, -0.2) is 0 Å². The maximum Gasteiger partial charge on any atom is 0.305 e. The van der Waals surface area contributed by atoms with E-state index in [1.165, 1.54) is 16.2 Å². The summed E-state index contributed by atoms with van der Waals surface area (Å²) in [5.74, 6) is 1.28. The second-order valence-electron chi connectivity index (χ2n) is 7.54.